The van der Waals surface area contributed by atoms with E-state index in [0.29, 0.717) is 22.0 Å². The third-order valence-electron chi connectivity index (χ3n) is 4.60. The maximum absolute atomic E-state index is 12.6. The van der Waals surface area contributed by atoms with Crippen LogP contribution in [0.3, 0.4) is 0 Å². The van der Waals surface area contributed by atoms with Crippen molar-refractivity contribution in [2.75, 3.05) is 12.4 Å². The molecular weight excluding hydrogens is 424 g/mol. The number of carbonyl (C=O) groups excluding carboxylic acids is 3. The van der Waals surface area contributed by atoms with Gasteiger partial charge in [0.25, 0.3) is 5.91 Å². The lowest BCUT2D eigenvalue weighted by Gasteiger charge is -2.49. The number of nitrogens with one attached hydrogen (secondary N) is 1. The molecule has 0 unspecified atom stereocenters. The van der Waals surface area contributed by atoms with Gasteiger partial charge in [0.1, 0.15) is 30.3 Å². The molecule has 3 rings (SSSR count). The molecule has 2 amide bonds. The summed E-state index contributed by atoms with van der Waals surface area (Å²) in [4.78, 5) is 48.8. The van der Waals surface area contributed by atoms with Crippen LogP contribution in [0.1, 0.15) is 18.3 Å². The smallest absolute Gasteiger partial charge is 0.352 e. The molecule has 0 aromatic carbocycles. The number of esters is 1. The Morgan fingerprint density at radius 2 is 2.07 bits per heavy atom. The van der Waals surface area contributed by atoms with Crippen LogP contribution in [0.5, 0.6) is 0 Å². The summed E-state index contributed by atoms with van der Waals surface area (Å²) < 4.78 is 6.33. The van der Waals surface area contributed by atoms with Crippen molar-refractivity contribution in [3.8, 4) is 0 Å². The molecule has 10 nitrogen and oxygen atoms in total. The Morgan fingerprint density at radius 1 is 1.38 bits per heavy atom. The summed E-state index contributed by atoms with van der Waals surface area (Å²) >= 11 is 7.37. The van der Waals surface area contributed by atoms with Crippen molar-refractivity contribution in [3.63, 3.8) is 0 Å². The average Bonchev–Trinajstić information content (AvgIpc) is 2.89. The molecule has 3 heterocycles. The van der Waals surface area contributed by atoms with E-state index in [0.717, 1.165) is 4.90 Å². The number of thioether (sulfide) groups is 1. The van der Waals surface area contributed by atoms with Crippen molar-refractivity contribution in [2.24, 2.45) is 0 Å². The maximum Gasteiger partial charge on any atom is 0.352 e. The van der Waals surface area contributed by atoms with E-state index >= 15 is 0 Å². The first kappa shape index (κ1) is 21.2. The predicted octanol–water partition coefficient (Wildman–Crippen LogP) is 0.455. The van der Waals surface area contributed by atoms with Crippen LogP contribution in [0.25, 0.3) is 0 Å². The lowest BCUT2D eigenvalue weighted by Crippen LogP contribution is -2.70. The van der Waals surface area contributed by atoms with Gasteiger partial charge in [-0.1, -0.05) is 11.6 Å². The predicted molar refractivity (Wildman–Crippen MR) is 103 cm³/mol. The Morgan fingerprint density at radius 3 is 2.62 bits per heavy atom. The Bertz CT molecular complexity index is 943. The number of aliphatic carboxylic acids is 1. The molecule has 29 heavy (non-hydrogen) atoms. The number of amides is 2. The van der Waals surface area contributed by atoms with Crippen LogP contribution in [0.4, 0.5) is 0 Å². The van der Waals surface area contributed by atoms with Crippen LogP contribution in [0, 0.1) is 13.8 Å². The van der Waals surface area contributed by atoms with E-state index < -0.39 is 35.2 Å². The number of aromatic nitrogens is 2. The van der Waals surface area contributed by atoms with Crippen LogP contribution in [-0.4, -0.2) is 67.3 Å². The fraction of sp³-hybridized carbons (Fsp3) is 0.471. The molecular formula is C17H19ClN4O6S. The van der Waals surface area contributed by atoms with E-state index in [1.807, 2.05) is 0 Å². The van der Waals surface area contributed by atoms with Gasteiger partial charge in [0.15, 0.2) is 0 Å². The standard InChI is InChI=1S/C17H19ClN4O6S/c1-7-12(18)8(2)21(20-7)4-11(24)19-13-15(25)22-14(17(26)27)10(5-28-9(3)23)6-29-16(13)22/h13,16H,4-6H2,1-3H3,(H,19,24)(H,26,27)/t13-,16+/m1/s1. The monoisotopic (exact) mass is 442 g/mol. The number of ether oxygens (including phenoxy) is 1. The fourth-order valence-corrected chi connectivity index (χ4v) is 4.63. The van der Waals surface area contributed by atoms with Gasteiger partial charge in [0, 0.05) is 18.2 Å². The van der Waals surface area contributed by atoms with Crippen LogP contribution < -0.4 is 5.32 Å². The molecule has 156 valence electrons. The molecule has 0 spiro atoms. The number of carboxylic acids is 1. The van der Waals surface area contributed by atoms with Crippen molar-refractivity contribution in [2.45, 2.75) is 38.7 Å². The molecule has 0 saturated carbocycles. The molecule has 1 fully saturated rings. The zero-order valence-corrected chi connectivity index (χ0v) is 17.5. The topological polar surface area (TPSA) is 131 Å². The summed E-state index contributed by atoms with van der Waals surface area (Å²) in [6.07, 6.45) is 0. The number of carbonyl (C=O) groups is 4. The number of hydrogen-bond donors (Lipinski definition) is 2. The lowest BCUT2D eigenvalue weighted by molar-refractivity contribution is -0.151. The normalized spacial score (nSPS) is 20.8. The number of carboxylic acid groups (broad SMARTS) is 1. The number of halogens is 1. The van der Waals surface area contributed by atoms with Crippen molar-refractivity contribution in [1.29, 1.82) is 0 Å². The quantitative estimate of drug-likeness (QED) is 0.479. The second kappa shape index (κ2) is 8.07. The molecule has 2 N–H and O–H groups in total. The van der Waals surface area contributed by atoms with Crippen molar-refractivity contribution >= 4 is 47.1 Å². The Labute approximate surface area is 175 Å². The summed E-state index contributed by atoms with van der Waals surface area (Å²) in [7, 11) is 0. The van der Waals surface area contributed by atoms with Crippen LogP contribution in [0.15, 0.2) is 11.3 Å². The number of fused-ring (bicyclic) bond motifs is 1. The van der Waals surface area contributed by atoms with Gasteiger partial charge in [0.2, 0.25) is 5.91 Å². The molecule has 12 heteroatoms. The first-order valence-electron chi connectivity index (χ1n) is 8.64. The number of aryl methyl sites for hydroxylation is 1. The van der Waals surface area contributed by atoms with Gasteiger partial charge in [-0.05, 0) is 13.8 Å². The molecule has 0 radical (unpaired) electrons. The highest BCUT2D eigenvalue weighted by atomic mass is 35.5. The van der Waals surface area contributed by atoms with Gasteiger partial charge in [0.05, 0.1) is 16.4 Å². The van der Waals surface area contributed by atoms with E-state index in [4.69, 9.17) is 16.3 Å². The molecule has 0 aliphatic carbocycles. The van der Waals surface area contributed by atoms with E-state index in [2.05, 4.69) is 10.4 Å². The second-order valence-corrected chi connectivity index (χ2v) is 8.12. The number of hydrogen-bond acceptors (Lipinski definition) is 7. The minimum absolute atomic E-state index is 0.111. The first-order valence-corrected chi connectivity index (χ1v) is 10.1. The Kier molecular flexibility index (Phi) is 5.90. The molecule has 1 saturated heterocycles. The lowest BCUT2D eigenvalue weighted by atomic mass is 10.0. The van der Waals surface area contributed by atoms with Crippen LogP contribution in [0.2, 0.25) is 5.02 Å². The third-order valence-corrected chi connectivity index (χ3v) is 6.49. The molecule has 1 aromatic heterocycles. The van der Waals surface area contributed by atoms with Crippen molar-refractivity contribution in [3.05, 3.63) is 27.7 Å². The highest BCUT2D eigenvalue weighted by molar-refractivity contribution is 8.00. The van der Waals surface area contributed by atoms with Gasteiger partial charge in [-0.25, -0.2) is 4.79 Å². The Hall–Kier alpha value is -2.53. The summed E-state index contributed by atoms with van der Waals surface area (Å²) in [6, 6.07) is -0.843. The largest absolute Gasteiger partial charge is 0.477 e. The molecule has 2 aliphatic rings. The van der Waals surface area contributed by atoms with E-state index in [1.165, 1.54) is 23.4 Å². The highest BCUT2D eigenvalue weighted by Crippen LogP contribution is 2.40. The summed E-state index contributed by atoms with van der Waals surface area (Å²) in [5.41, 5.74) is 1.38. The van der Waals surface area contributed by atoms with Gasteiger partial charge in [-0.2, -0.15) is 5.10 Å². The third kappa shape index (κ3) is 3.97. The van der Waals surface area contributed by atoms with Gasteiger partial charge >= 0.3 is 11.9 Å². The highest BCUT2D eigenvalue weighted by Gasteiger charge is 2.54. The molecule has 2 aliphatic heterocycles. The minimum atomic E-state index is -1.28. The van der Waals surface area contributed by atoms with Gasteiger partial charge in [-0.15, -0.1) is 11.8 Å². The summed E-state index contributed by atoms with van der Waals surface area (Å²) in [5, 5.41) is 16.3. The number of nitrogens with zero attached hydrogens (tertiary/aromatic N) is 3. The fourth-order valence-electron chi connectivity index (χ4n) is 3.17. The van der Waals surface area contributed by atoms with Crippen LogP contribution >= 0.6 is 23.4 Å². The number of rotatable bonds is 6. The van der Waals surface area contributed by atoms with E-state index in [9.17, 15) is 24.3 Å². The SMILES string of the molecule is CC(=O)OCC1=C(C(=O)O)N2C(=O)[C@@H](NC(=O)Cn3nc(C)c(Cl)c3C)[C@@H]2SC1. The van der Waals surface area contributed by atoms with E-state index in [-0.39, 0.29) is 24.6 Å². The second-order valence-electron chi connectivity index (χ2n) is 6.64. The molecule has 1 aromatic rings. The van der Waals surface area contributed by atoms with Crippen LogP contribution in [-0.2, 0) is 30.5 Å². The summed E-state index contributed by atoms with van der Waals surface area (Å²) in [5.74, 6) is -2.52. The van der Waals surface area contributed by atoms with E-state index in [1.54, 1.807) is 13.8 Å². The maximum atomic E-state index is 12.6. The van der Waals surface area contributed by atoms with Gasteiger partial charge < -0.3 is 15.2 Å². The first-order chi connectivity index (χ1) is 13.6. The summed E-state index contributed by atoms with van der Waals surface area (Å²) in [6.45, 7) is 4.37. The Balaban J connectivity index is 1.70. The molecule has 0 bridgehead atoms. The number of β-lactam (4-membered cyclic amide) rings is 1. The minimum Gasteiger partial charge on any atom is -0.477 e. The zero-order valence-electron chi connectivity index (χ0n) is 15.9. The van der Waals surface area contributed by atoms with Crippen molar-refractivity contribution < 1.29 is 29.0 Å². The van der Waals surface area contributed by atoms with Gasteiger partial charge in [-0.3, -0.25) is 24.0 Å². The van der Waals surface area contributed by atoms with Crippen molar-refractivity contribution in [1.82, 2.24) is 20.0 Å². The zero-order chi connectivity index (χ0) is 21.5. The molecule has 2 atom stereocenters. The average molecular weight is 443 g/mol.